The van der Waals surface area contributed by atoms with Gasteiger partial charge in [0, 0.05) is 23.8 Å². The maximum Gasteiger partial charge on any atom is 0.412 e. The van der Waals surface area contributed by atoms with Crippen LogP contribution in [-0.4, -0.2) is 106 Å². The minimum atomic E-state index is -1.96. The normalized spacial score (nSPS) is 22.6. The number of aliphatic hydroxyl groups excluding tert-OH is 1. The fraction of sp³-hybridized carbons (Fsp3) is 0.714. The van der Waals surface area contributed by atoms with Crippen LogP contribution in [0, 0.1) is 13.8 Å². The molecule has 0 spiro atoms. The number of pyridine rings is 2. The van der Waals surface area contributed by atoms with Gasteiger partial charge in [-0.05, 0) is 149 Å². The zero-order valence-electron chi connectivity index (χ0n) is 36.7. The highest BCUT2D eigenvalue weighted by Gasteiger charge is 2.53. The highest BCUT2D eigenvalue weighted by Crippen LogP contribution is 2.40. The SMILES string of the molecule is Cc1cc(C[C@H]2[C@@H](CO)OC(C)(C)N2C(=O)OC(C)(C)C)ccn1.Cc1cc(C[C@H]2[C@@H](CO[Si](C)(C)C(C)(C)C)OC(C)(C)N2C(=O)OC(C)(C)C)ccn1. The Bertz CT molecular complexity index is 1610. The van der Waals surface area contributed by atoms with E-state index >= 15 is 0 Å². The van der Waals surface area contributed by atoms with Crippen LogP contribution < -0.4 is 0 Å². The molecular weight excluding hydrogens is 717 g/mol. The van der Waals surface area contributed by atoms with Gasteiger partial charge in [-0.15, -0.1) is 0 Å². The minimum absolute atomic E-state index is 0.101. The minimum Gasteiger partial charge on any atom is -0.444 e. The average Bonchev–Trinajstić information content (AvgIpc) is 3.40. The van der Waals surface area contributed by atoms with Gasteiger partial charge in [-0.3, -0.25) is 19.8 Å². The molecule has 4 atom stereocenters. The predicted octanol–water partition coefficient (Wildman–Crippen LogP) is 8.36. The van der Waals surface area contributed by atoms with Gasteiger partial charge in [-0.2, -0.15) is 0 Å². The topological polar surface area (TPSA) is 133 Å². The molecular formula is C42H70N4O8Si. The predicted molar refractivity (Wildman–Crippen MR) is 217 cm³/mol. The summed E-state index contributed by atoms with van der Waals surface area (Å²) in [7, 11) is -1.96. The van der Waals surface area contributed by atoms with Crippen molar-refractivity contribution in [3.8, 4) is 0 Å². The number of hydrogen-bond acceptors (Lipinski definition) is 10. The van der Waals surface area contributed by atoms with Crippen molar-refractivity contribution in [3.05, 3.63) is 59.2 Å². The van der Waals surface area contributed by atoms with Crippen LogP contribution in [0.4, 0.5) is 9.59 Å². The first-order chi connectivity index (χ1) is 25.0. The van der Waals surface area contributed by atoms with E-state index in [1.54, 1.807) is 16.0 Å². The molecule has 2 amide bonds. The Balaban J connectivity index is 0.000000305. The van der Waals surface area contributed by atoms with E-state index in [0.717, 1.165) is 22.5 Å². The number of carbonyl (C=O) groups excluding carboxylic acids is 2. The molecule has 2 aromatic rings. The number of aryl methyl sites for hydroxylation is 2. The zero-order chi connectivity index (χ0) is 41.9. The fourth-order valence-corrected chi connectivity index (χ4v) is 7.69. The monoisotopic (exact) mass is 786 g/mol. The summed E-state index contributed by atoms with van der Waals surface area (Å²) in [5, 5.41) is 9.82. The molecule has 2 aliphatic rings. The van der Waals surface area contributed by atoms with Gasteiger partial charge in [-0.25, -0.2) is 9.59 Å². The molecule has 55 heavy (non-hydrogen) atoms. The molecule has 4 rings (SSSR count). The van der Waals surface area contributed by atoms with E-state index in [4.69, 9.17) is 23.4 Å². The lowest BCUT2D eigenvalue weighted by atomic mass is 10.0. The van der Waals surface area contributed by atoms with E-state index in [0.29, 0.717) is 19.4 Å². The van der Waals surface area contributed by atoms with Crippen molar-refractivity contribution >= 4 is 20.5 Å². The van der Waals surface area contributed by atoms with Crippen LogP contribution in [0.25, 0.3) is 0 Å². The Labute approximate surface area is 331 Å². The molecule has 0 saturated carbocycles. The number of ether oxygens (including phenoxy) is 4. The lowest BCUT2D eigenvalue weighted by Crippen LogP contribution is -2.51. The maximum absolute atomic E-state index is 13.2. The highest BCUT2D eigenvalue weighted by molar-refractivity contribution is 6.74. The molecule has 0 radical (unpaired) electrons. The van der Waals surface area contributed by atoms with Gasteiger partial charge in [0.25, 0.3) is 0 Å². The summed E-state index contributed by atoms with van der Waals surface area (Å²) in [6.07, 6.45) is 3.28. The first kappa shape index (κ1) is 46.3. The van der Waals surface area contributed by atoms with Crippen LogP contribution in [0.2, 0.25) is 18.1 Å². The lowest BCUT2D eigenvalue weighted by Gasteiger charge is -2.37. The molecule has 12 nitrogen and oxygen atoms in total. The van der Waals surface area contributed by atoms with Crippen LogP contribution in [0.5, 0.6) is 0 Å². The number of aliphatic hydroxyl groups is 1. The van der Waals surface area contributed by atoms with E-state index in [1.807, 2.05) is 107 Å². The number of nitrogens with zero attached hydrogens (tertiary/aromatic N) is 4. The Kier molecular flexibility index (Phi) is 14.5. The third-order valence-electron chi connectivity index (χ3n) is 10.1. The number of rotatable bonds is 8. The molecule has 0 aromatic carbocycles. The van der Waals surface area contributed by atoms with Crippen molar-refractivity contribution in [2.45, 2.75) is 182 Å². The van der Waals surface area contributed by atoms with E-state index in [9.17, 15) is 14.7 Å². The molecule has 2 saturated heterocycles. The van der Waals surface area contributed by atoms with Gasteiger partial charge in [-0.1, -0.05) is 20.8 Å². The Morgan fingerprint density at radius 3 is 1.47 bits per heavy atom. The summed E-state index contributed by atoms with van der Waals surface area (Å²) in [6, 6.07) is 7.45. The van der Waals surface area contributed by atoms with Crippen LogP contribution in [0.15, 0.2) is 36.7 Å². The quantitative estimate of drug-likeness (QED) is 0.260. The largest absolute Gasteiger partial charge is 0.444 e. The number of aromatic nitrogens is 2. The van der Waals surface area contributed by atoms with Gasteiger partial charge < -0.3 is 28.5 Å². The van der Waals surface area contributed by atoms with Gasteiger partial charge in [0.2, 0.25) is 0 Å². The van der Waals surface area contributed by atoms with E-state index in [2.05, 4.69) is 49.9 Å². The fourth-order valence-electron chi connectivity index (χ4n) is 6.68. The van der Waals surface area contributed by atoms with Gasteiger partial charge in [0.15, 0.2) is 8.32 Å². The number of amides is 2. The molecule has 13 heteroatoms. The van der Waals surface area contributed by atoms with Crippen molar-refractivity contribution in [1.29, 1.82) is 0 Å². The van der Waals surface area contributed by atoms with Crippen LogP contribution in [-0.2, 0) is 36.2 Å². The number of hydrogen-bond donors (Lipinski definition) is 1. The molecule has 0 bridgehead atoms. The zero-order valence-corrected chi connectivity index (χ0v) is 37.7. The van der Waals surface area contributed by atoms with Crippen LogP contribution in [0.3, 0.4) is 0 Å². The second-order valence-electron chi connectivity index (χ2n) is 19.3. The third kappa shape index (κ3) is 12.7. The van der Waals surface area contributed by atoms with Crippen LogP contribution >= 0.6 is 0 Å². The first-order valence-corrected chi connectivity index (χ1v) is 22.4. The van der Waals surface area contributed by atoms with Crippen molar-refractivity contribution in [2.24, 2.45) is 0 Å². The summed E-state index contributed by atoms with van der Waals surface area (Å²) in [5.41, 5.74) is 1.20. The summed E-state index contributed by atoms with van der Waals surface area (Å²) in [6.45, 7) is 34.0. The molecule has 0 unspecified atom stereocenters. The second-order valence-corrected chi connectivity index (χ2v) is 24.1. The standard InChI is InChI=1S/C24H42N2O4Si.C18H28N2O4/c1-17-14-18(12-13-25-17)15-19-20(16-28-31(10,11)23(5,6)7)29-24(8,9)26(19)21(27)30-22(2,3)4;1-12-9-13(7-8-19-12)10-14-15(11-21)23-18(5,6)20(14)16(22)24-17(2,3)4/h12-14,19-20H,15-16H2,1-11H3;7-9,14-15,21H,10-11H2,1-6H3/t19-,20+;14-,15+/m00/s1. The Morgan fingerprint density at radius 2 is 1.13 bits per heavy atom. The van der Waals surface area contributed by atoms with Crippen molar-refractivity contribution < 1.29 is 38.1 Å². The van der Waals surface area contributed by atoms with E-state index in [-0.39, 0.29) is 35.9 Å². The van der Waals surface area contributed by atoms with Gasteiger partial charge in [0.1, 0.15) is 34.9 Å². The summed E-state index contributed by atoms with van der Waals surface area (Å²) in [4.78, 5) is 37.8. The smallest absolute Gasteiger partial charge is 0.412 e. The van der Waals surface area contributed by atoms with Gasteiger partial charge in [0.05, 0.1) is 25.3 Å². The molecule has 4 heterocycles. The highest BCUT2D eigenvalue weighted by atomic mass is 28.4. The Hall–Kier alpha value is -3.10. The molecule has 0 aliphatic carbocycles. The van der Waals surface area contributed by atoms with Gasteiger partial charge >= 0.3 is 12.2 Å². The lowest BCUT2D eigenvalue weighted by molar-refractivity contribution is -0.0870. The summed E-state index contributed by atoms with van der Waals surface area (Å²) in [5.74, 6) is 0. The average molecular weight is 787 g/mol. The molecule has 2 fully saturated rings. The summed E-state index contributed by atoms with van der Waals surface area (Å²) >= 11 is 0. The molecule has 2 aromatic heterocycles. The Morgan fingerprint density at radius 1 is 0.745 bits per heavy atom. The summed E-state index contributed by atoms with van der Waals surface area (Å²) < 4.78 is 30.2. The van der Waals surface area contributed by atoms with Crippen molar-refractivity contribution in [2.75, 3.05) is 13.2 Å². The van der Waals surface area contributed by atoms with Crippen LogP contribution in [0.1, 0.15) is 113 Å². The third-order valence-corrected chi connectivity index (χ3v) is 14.6. The first-order valence-electron chi connectivity index (χ1n) is 19.4. The van der Waals surface area contributed by atoms with Crippen molar-refractivity contribution in [1.82, 2.24) is 19.8 Å². The molecule has 310 valence electrons. The van der Waals surface area contributed by atoms with E-state index < -0.39 is 43.2 Å². The molecule has 2 aliphatic heterocycles. The van der Waals surface area contributed by atoms with Crippen molar-refractivity contribution in [3.63, 3.8) is 0 Å². The second kappa shape index (κ2) is 17.2. The van der Waals surface area contributed by atoms with E-state index in [1.165, 1.54) is 0 Å². The molecule has 1 N–H and O–H groups in total. The maximum atomic E-state index is 13.2. The number of carbonyl (C=O) groups is 2.